The van der Waals surface area contributed by atoms with E-state index in [9.17, 15) is 8.78 Å². The Morgan fingerprint density at radius 3 is 2.54 bits per heavy atom. The third-order valence-corrected chi connectivity index (χ3v) is 4.82. The molecule has 0 spiro atoms. The first-order valence-electron chi connectivity index (χ1n) is 8.53. The summed E-state index contributed by atoms with van der Waals surface area (Å²) < 4.78 is 27.2. The molecule has 0 amide bonds. The van der Waals surface area contributed by atoms with E-state index in [0.717, 1.165) is 30.7 Å². The Morgan fingerprint density at radius 2 is 1.85 bits per heavy atom. The monoisotopic (exact) mass is 359 g/mol. The van der Waals surface area contributed by atoms with Crippen LogP contribution in [0.1, 0.15) is 30.8 Å². The highest BCUT2D eigenvalue weighted by Crippen LogP contribution is 2.23. The molecular weight excluding hydrogens is 340 g/mol. The number of fused-ring (bicyclic) bond motifs is 1. The lowest BCUT2D eigenvalue weighted by molar-refractivity contribution is 0.137. The maximum atomic E-state index is 13.0. The molecule has 0 bridgehead atoms. The molecule has 136 valence electrons. The van der Waals surface area contributed by atoms with E-state index in [2.05, 4.69) is 43.1 Å². The molecule has 1 fully saturated rings. The van der Waals surface area contributed by atoms with E-state index >= 15 is 0 Å². The number of hydrogen-bond donors (Lipinski definition) is 0. The summed E-state index contributed by atoms with van der Waals surface area (Å²) in [6.07, 6.45) is 0.962. The zero-order chi connectivity index (χ0) is 18.1. The second-order valence-electron chi connectivity index (χ2n) is 6.31. The Bertz CT molecular complexity index is 875. The summed E-state index contributed by atoms with van der Waals surface area (Å²) in [6.45, 7) is 5.44. The van der Waals surface area contributed by atoms with Gasteiger partial charge in [-0.1, -0.05) is 6.07 Å². The van der Waals surface area contributed by atoms with Gasteiger partial charge in [-0.15, -0.1) is 15.3 Å². The summed E-state index contributed by atoms with van der Waals surface area (Å²) >= 11 is 0. The predicted molar refractivity (Wildman–Crippen MR) is 92.2 cm³/mol. The summed E-state index contributed by atoms with van der Waals surface area (Å²) in [5.41, 5.74) is 1.51. The largest absolute Gasteiger partial charge is 0.353 e. The highest BCUT2D eigenvalue weighted by Gasteiger charge is 2.24. The molecule has 1 aliphatic rings. The van der Waals surface area contributed by atoms with Crippen LogP contribution >= 0.6 is 0 Å². The van der Waals surface area contributed by atoms with Gasteiger partial charge in [-0.3, -0.25) is 9.88 Å². The van der Waals surface area contributed by atoms with E-state index in [0.29, 0.717) is 11.5 Å². The lowest BCUT2D eigenvalue weighted by Crippen LogP contribution is -2.47. The van der Waals surface area contributed by atoms with Crippen LogP contribution in [0, 0.1) is 0 Å². The second kappa shape index (κ2) is 6.91. The van der Waals surface area contributed by atoms with E-state index < -0.39 is 12.2 Å². The third-order valence-electron chi connectivity index (χ3n) is 4.82. The first kappa shape index (κ1) is 16.8. The van der Waals surface area contributed by atoms with Crippen molar-refractivity contribution in [1.82, 2.24) is 29.7 Å². The highest BCUT2D eigenvalue weighted by molar-refractivity contribution is 5.46. The van der Waals surface area contributed by atoms with Crippen LogP contribution in [0.25, 0.3) is 5.65 Å². The summed E-state index contributed by atoms with van der Waals surface area (Å²) in [5.74, 6) is 0.235. The van der Waals surface area contributed by atoms with Gasteiger partial charge in [0.1, 0.15) is 5.82 Å². The normalized spacial score (nSPS) is 17.2. The molecule has 0 aliphatic carbocycles. The number of halogens is 2. The van der Waals surface area contributed by atoms with E-state index in [4.69, 9.17) is 0 Å². The molecule has 3 aromatic rings. The first-order valence-corrected chi connectivity index (χ1v) is 8.53. The van der Waals surface area contributed by atoms with Crippen molar-refractivity contribution in [3.05, 3.63) is 48.0 Å². The number of hydrogen-bond acceptors (Lipinski definition) is 6. The molecule has 1 unspecified atom stereocenters. The van der Waals surface area contributed by atoms with E-state index in [1.54, 1.807) is 18.3 Å². The van der Waals surface area contributed by atoms with Gasteiger partial charge in [0.15, 0.2) is 5.65 Å². The molecule has 7 nitrogen and oxygen atoms in total. The van der Waals surface area contributed by atoms with Gasteiger partial charge in [0.2, 0.25) is 5.82 Å². The van der Waals surface area contributed by atoms with Crippen LogP contribution in [0.2, 0.25) is 0 Å². The van der Waals surface area contributed by atoms with Crippen molar-refractivity contribution in [3.63, 3.8) is 0 Å². The van der Waals surface area contributed by atoms with Crippen molar-refractivity contribution < 1.29 is 8.78 Å². The van der Waals surface area contributed by atoms with E-state index in [1.807, 2.05) is 12.3 Å². The van der Waals surface area contributed by atoms with Gasteiger partial charge in [0, 0.05) is 44.6 Å². The van der Waals surface area contributed by atoms with Gasteiger partial charge in [-0.2, -0.15) is 4.52 Å². The maximum Gasteiger partial charge on any atom is 0.299 e. The number of nitrogens with zero attached hydrogens (tertiary/aromatic N) is 7. The van der Waals surface area contributed by atoms with Gasteiger partial charge in [-0.05, 0) is 30.7 Å². The fourth-order valence-corrected chi connectivity index (χ4v) is 3.27. The van der Waals surface area contributed by atoms with Gasteiger partial charge in [-0.25, -0.2) is 8.78 Å². The molecule has 26 heavy (non-hydrogen) atoms. The molecule has 1 saturated heterocycles. The van der Waals surface area contributed by atoms with Crippen molar-refractivity contribution >= 4 is 11.5 Å². The molecule has 1 aliphatic heterocycles. The SMILES string of the molecule is CC(c1cccnc1)N1CCN(c2ccc3nnc(C(F)F)n3n2)CC1. The molecule has 9 heteroatoms. The Balaban J connectivity index is 1.48. The van der Waals surface area contributed by atoms with Crippen molar-refractivity contribution in [2.75, 3.05) is 31.1 Å². The molecule has 4 rings (SSSR count). The topological polar surface area (TPSA) is 62.5 Å². The standard InChI is InChI=1S/C17H19F2N7/c1-12(13-3-2-6-20-11-13)24-7-9-25(10-8-24)15-5-4-14-21-22-17(16(18)19)26(14)23-15/h2-6,11-12,16H,7-10H2,1H3. The van der Waals surface area contributed by atoms with Crippen LogP contribution in [0.15, 0.2) is 36.7 Å². The number of alkyl halides is 2. The number of rotatable bonds is 4. The summed E-state index contributed by atoms with van der Waals surface area (Å²) in [6, 6.07) is 7.79. The Labute approximate surface area is 149 Å². The van der Waals surface area contributed by atoms with Gasteiger partial charge in [0.05, 0.1) is 0 Å². The lowest BCUT2D eigenvalue weighted by atomic mass is 10.1. The molecule has 0 saturated carbocycles. The minimum absolute atomic E-state index is 0.282. The molecule has 0 radical (unpaired) electrons. The first-order chi connectivity index (χ1) is 12.6. The van der Waals surface area contributed by atoms with Crippen molar-refractivity contribution in [1.29, 1.82) is 0 Å². The van der Waals surface area contributed by atoms with Crippen LogP contribution in [-0.2, 0) is 0 Å². The smallest absolute Gasteiger partial charge is 0.299 e. The average Bonchev–Trinajstić information content (AvgIpc) is 3.12. The highest BCUT2D eigenvalue weighted by atomic mass is 19.3. The predicted octanol–water partition coefficient (Wildman–Crippen LogP) is 2.34. The van der Waals surface area contributed by atoms with Crippen LogP contribution in [-0.4, -0.2) is 55.9 Å². The lowest BCUT2D eigenvalue weighted by Gasteiger charge is -2.38. The van der Waals surface area contributed by atoms with Crippen LogP contribution < -0.4 is 4.90 Å². The molecule has 0 N–H and O–H groups in total. The number of anilines is 1. The fraction of sp³-hybridized carbons (Fsp3) is 0.412. The molecule has 1 atom stereocenters. The van der Waals surface area contributed by atoms with Crippen molar-refractivity contribution in [3.8, 4) is 0 Å². The Kier molecular flexibility index (Phi) is 4.46. The number of pyridine rings is 1. The Morgan fingerprint density at radius 1 is 1.04 bits per heavy atom. The third kappa shape index (κ3) is 3.10. The molecular formula is C17H19F2N7. The maximum absolute atomic E-state index is 13.0. The minimum atomic E-state index is -2.70. The van der Waals surface area contributed by atoms with Gasteiger partial charge >= 0.3 is 0 Å². The zero-order valence-electron chi connectivity index (χ0n) is 14.3. The van der Waals surface area contributed by atoms with Gasteiger partial charge in [0.25, 0.3) is 6.43 Å². The number of piperazine rings is 1. The van der Waals surface area contributed by atoms with Crippen LogP contribution in [0.3, 0.4) is 0 Å². The molecule has 4 heterocycles. The summed E-state index contributed by atoms with van der Waals surface area (Å²) in [5, 5.41) is 11.6. The second-order valence-corrected chi connectivity index (χ2v) is 6.31. The quantitative estimate of drug-likeness (QED) is 0.713. The average molecular weight is 359 g/mol. The summed E-state index contributed by atoms with van der Waals surface area (Å²) in [4.78, 5) is 8.67. The van der Waals surface area contributed by atoms with Gasteiger partial charge < -0.3 is 4.90 Å². The molecule has 0 aromatic carbocycles. The van der Waals surface area contributed by atoms with Crippen molar-refractivity contribution in [2.24, 2.45) is 0 Å². The van der Waals surface area contributed by atoms with E-state index in [-0.39, 0.29) is 6.04 Å². The van der Waals surface area contributed by atoms with Crippen molar-refractivity contribution in [2.45, 2.75) is 19.4 Å². The minimum Gasteiger partial charge on any atom is -0.353 e. The van der Waals surface area contributed by atoms with Crippen LogP contribution in [0.4, 0.5) is 14.6 Å². The van der Waals surface area contributed by atoms with E-state index in [1.165, 1.54) is 5.56 Å². The van der Waals surface area contributed by atoms with Crippen LogP contribution in [0.5, 0.6) is 0 Å². The number of aromatic nitrogens is 5. The fourth-order valence-electron chi connectivity index (χ4n) is 3.27. The summed E-state index contributed by atoms with van der Waals surface area (Å²) in [7, 11) is 0. The molecule has 3 aromatic heterocycles. The zero-order valence-corrected chi connectivity index (χ0v) is 14.3. The Hall–Kier alpha value is -2.68.